The molecular weight excluding hydrogens is 657 g/mol. The Kier molecular flexibility index (Phi) is 8.87. The van der Waals surface area contributed by atoms with Crippen molar-refractivity contribution in [1.29, 1.82) is 5.26 Å². The van der Waals surface area contributed by atoms with Crippen molar-refractivity contribution in [2.75, 3.05) is 0 Å². The third-order valence-electron chi connectivity index (χ3n) is 12.2. The second kappa shape index (κ2) is 14.1. The number of hydrogen-bond donors (Lipinski definition) is 0. The molecule has 264 valence electrons. The Bertz CT molecular complexity index is 2490. The monoisotopic (exact) mass is 700 g/mol. The first-order chi connectivity index (χ1) is 26.5. The lowest BCUT2D eigenvalue weighted by atomic mass is 9.54. The molecule has 6 aromatic carbocycles. The van der Waals surface area contributed by atoms with Crippen LogP contribution in [-0.2, 0) is 5.41 Å². The van der Waals surface area contributed by atoms with Crippen LogP contribution < -0.4 is 0 Å². The van der Waals surface area contributed by atoms with E-state index in [9.17, 15) is 5.26 Å². The first-order valence-electron chi connectivity index (χ1n) is 19.5. The molecule has 1 unspecified atom stereocenters. The van der Waals surface area contributed by atoms with Crippen molar-refractivity contribution in [3.63, 3.8) is 0 Å². The highest BCUT2D eigenvalue weighted by atomic mass is 15.0. The number of aromatic nitrogens is 3. The predicted molar refractivity (Wildman–Crippen MR) is 220 cm³/mol. The van der Waals surface area contributed by atoms with Gasteiger partial charge in [-0.15, -0.1) is 0 Å². The van der Waals surface area contributed by atoms with Crippen molar-refractivity contribution in [3.05, 3.63) is 151 Å². The molecule has 9 rings (SSSR count). The Hall–Kier alpha value is -5.92. The van der Waals surface area contributed by atoms with Gasteiger partial charge >= 0.3 is 0 Å². The smallest absolute Gasteiger partial charge is 0.164 e. The molecule has 2 fully saturated rings. The van der Waals surface area contributed by atoms with Crippen LogP contribution in [0.1, 0.15) is 63.5 Å². The zero-order valence-electron chi connectivity index (χ0n) is 31.0. The molecule has 4 nitrogen and oxygen atoms in total. The Morgan fingerprint density at radius 2 is 1.15 bits per heavy atom. The van der Waals surface area contributed by atoms with E-state index in [-0.39, 0.29) is 0 Å². The molecule has 0 aliphatic heterocycles. The number of benzene rings is 6. The van der Waals surface area contributed by atoms with Gasteiger partial charge < -0.3 is 0 Å². The molecule has 2 aliphatic rings. The van der Waals surface area contributed by atoms with Crippen molar-refractivity contribution in [1.82, 2.24) is 15.0 Å². The van der Waals surface area contributed by atoms with Gasteiger partial charge in [-0.2, -0.15) is 5.26 Å². The number of nitriles is 1. The summed E-state index contributed by atoms with van der Waals surface area (Å²) < 4.78 is 0. The van der Waals surface area contributed by atoms with E-state index in [0.29, 0.717) is 28.5 Å². The van der Waals surface area contributed by atoms with Crippen LogP contribution in [-0.4, -0.2) is 15.0 Å². The van der Waals surface area contributed by atoms with Crippen molar-refractivity contribution in [2.45, 2.75) is 57.8 Å². The van der Waals surface area contributed by atoms with Crippen molar-refractivity contribution < 1.29 is 0 Å². The Morgan fingerprint density at radius 3 is 1.89 bits per heavy atom. The van der Waals surface area contributed by atoms with Gasteiger partial charge in [0.1, 0.15) is 0 Å². The zero-order chi connectivity index (χ0) is 36.6. The van der Waals surface area contributed by atoms with Gasteiger partial charge in [-0.3, -0.25) is 0 Å². The minimum absolute atomic E-state index is 0.301. The summed E-state index contributed by atoms with van der Waals surface area (Å²) in [6.45, 7) is 4.85. The second-order valence-corrected chi connectivity index (χ2v) is 15.8. The number of rotatable bonds is 7. The van der Waals surface area contributed by atoms with E-state index in [0.717, 1.165) is 61.9 Å². The molecule has 0 amide bonds. The first kappa shape index (κ1) is 33.9. The quantitative estimate of drug-likeness (QED) is 0.166. The van der Waals surface area contributed by atoms with Crippen LogP contribution in [0, 0.1) is 29.1 Å². The van der Waals surface area contributed by atoms with Crippen LogP contribution in [0.5, 0.6) is 0 Å². The van der Waals surface area contributed by atoms with Crippen LogP contribution in [0.4, 0.5) is 0 Å². The summed E-state index contributed by atoms with van der Waals surface area (Å²) in [5.41, 5.74) is 9.80. The van der Waals surface area contributed by atoms with E-state index in [4.69, 9.17) is 15.0 Å². The molecule has 1 aromatic heterocycles. The highest BCUT2D eigenvalue weighted by Crippen LogP contribution is 2.55. The molecule has 0 spiro atoms. The molecule has 2 bridgehead atoms. The van der Waals surface area contributed by atoms with E-state index >= 15 is 0 Å². The van der Waals surface area contributed by atoms with E-state index in [1.807, 2.05) is 42.5 Å². The fraction of sp³-hybridized carbons (Fsp3) is 0.240. The lowest BCUT2D eigenvalue weighted by Gasteiger charge is -2.51. The summed E-state index contributed by atoms with van der Waals surface area (Å²) in [4.78, 5) is 15.3. The van der Waals surface area contributed by atoms with Crippen LogP contribution in [0.25, 0.3) is 67.2 Å². The summed E-state index contributed by atoms with van der Waals surface area (Å²) in [5, 5.41) is 11.7. The molecule has 54 heavy (non-hydrogen) atoms. The fourth-order valence-electron chi connectivity index (χ4n) is 9.89. The van der Waals surface area contributed by atoms with Gasteiger partial charge in [0.15, 0.2) is 17.5 Å². The van der Waals surface area contributed by atoms with E-state index in [2.05, 4.69) is 117 Å². The predicted octanol–water partition coefficient (Wildman–Crippen LogP) is 12.7. The Labute approximate surface area is 318 Å². The first-order valence-corrected chi connectivity index (χ1v) is 19.5. The van der Waals surface area contributed by atoms with Crippen LogP contribution in [0.2, 0.25) is 0 Å². The van der Waals surface area contributed by atoms with Gasteiger partial charge in [0, 0.05) is 22.1 Å². The lowest BCUT2D eigenvalue weighted by Crippen LogP contribution is -2.42. The van der Waals surface area contributed by atoms with Gasteiger partial charge in [-0.25, -0.2) is 15.0 Å². The third kappa shape index (κ3) is 6.28. The van der Waals surface area contributed by atoms with E-state index < -0.39 is 0 Å². The standard InChI is InChI=1S/C50H44N4/c1-3-34-28-35-27-33(2)29-50(30-34,31-35)41-25-23-37(24-26-41)43-14-7-8-15-46(43)49-53-47(38-11-5-4-6-12-38)52-48(54-49)39-21-19-36(20-22-39)42-16-10-17-44-40(32-51)13-9-18-45(42)44/h4-26,33-35H,3,27-31H2,1-2H3/t33-,34+,35-,50?/m0/s1. The largest absolute Gasteiger partial charge is 0.208 e. The lowest BCUT2D eigenvalue weighted by molar-refractivity contribution is 0.0702. The number of fused-ring (bicyclic) bond motifs is 3. The van der Waals surface area contributed by atoms with Crippen LogP contribution >= 0.6 is 0 Å². The second-order valence-electron chi connectivity index (χ2n) is 15.8. The maximum Gasteiger partial charge on any atom is 0.164 e. The van der Waals surface area contributed by atoms with Crippen molar-refractivity contribution in [3.8, 4) is 62.5 Å². The van der Waals surface area contributed by atoms with Gasteiger partial charge in [0.2, 0.25) is 0 Å². The van der Waals surface area contributed by atoms with E-state index in [1.54, 1.807) is 0 Å². The third-order valence-corrected chi connectivity index (χ3v) is 12.2. The number of hydrogen-bond acceptors (Lipinski definition) is 4. The summed E-state index contributed by atoms with van der Waals surface area (Å²) in [5.74, 6) is 4.40. The molecular formula is C50H44N4. The van der Waals surface area contributed by atoms with Gasteiger partial charge in [-0.1, -0.05) is 154 Å². The zero-order valence-corrected chi connectivity index (χ0v) is 31.0. The highest BCUT2D eigenvalue weighted by Gasteiger charge is 2.45. The molecule has 0 N–H and O–H groups in total. The molecule has 2 aliphatic carbocycles. The molecule has 1 heterocycles. The van der Waals surface area contributed by atoms with Crippen molar-refractivity contribution >= 4 is 10.8 Å². The van der Waals surface area contributed by atoms with Crippen LogP contribution in [0.15, 0.2) is 140 Å². The molecule has 7 aromatic rings. The molecule has 4 atom stereocenters. The van der Waals surface area contributed by atoms with Gasteiger partial charge in [-0.05, 0) is 94.5 Å². The van der Waals surface area contributed by atoms with E-state index in [1.165, 1.54) is 49.7 Å². The average molecular weight is 701 g/mol. The Balaban J connectivity index is 1.10. The summed E-state index contributed by atoms with van der Waals surface area (Å²) in [7, 11) is 0. The summed E-state index contributed by atoms with van der Waals surface area (Å²) in [6.07, 6.45) is 8.05. The van der Waals surface area contributed by atoms with Gasteiger partial charge in [0.25, 0.3) is 0 Å². The molecule has 4 heteroatoms. The van der Waals surface area contributed by atoms with Crippen LogP contribution in [0.3, 0.4) is 0 Å². The maximum absolute atomic E-state index is 9.69. The minimum atomic E-state index is 0.301. The molecule has 0 saturated heterocycles. The Morgan fingerprint density at radius 1 is 0.556 bits per heavy atom. The highest BCUT2D eigenvalue weighted by molar-refractivity contribution is 5.99. The van der Waals surface area contributed by atoms with Gasteiger partial charge in [0.05, 0.1) is 11.6 Å². The SMILES string of the molecule is CC[C@@H]1C[C@@H]2C[C@H](C)CC(c3ccc(-c4ccccc4-c4nc(-c5ccccc5)nc(-c5ccc(-c6cccc7c(C#N)cccc67)cc5)n4)cc3)(C1)C2. The molecule has 2 saturated carbocycles. The fourth-order valence-corrected chi connectivity index (χ4v) is 9.89. The maximum atomic E-state index is 9.69. The summed E-state index contributed by atoms with van der Waals surface area (Å²) in [6, 6.07) is 51.0. The normalized spacial score (nSPS) is 20.7. The minimum Gasteiger partial charge on any atom is -0.208 e. The average Bonchev–Trinajstić information content (AvgIpc) is 3.23. The number of nitrogens with zero attached hydrogens (tertiary/aromatic N) is 4. The van der Waals surface area contributed by atoms with Crippen molar-refractivity contribution in [2.24, 2.45) is 17.8 Å². The topological polar surface area (TPSA) is 62.5 Å². The summed E-state index contributed by atoms with van der Waals surface area (Å²) >= 11 is 0. The molecule has 0 radical (unpaired) electrons.